The lowest BCUT2D eigenvalue weighted by Crippen LogP contribution is -2.55. The van der Waals surface area contributed by atoms with E-state index in [0.29, 0.717) is 35.5 Å². The molecule has 0 amide bonds. The SMILES string of the molecule is C[C@@H]1C23CC[C@H](OC4CC(O)[C@@H](O)CO4)C(C)(C)C2CC[C@H]2C4CC5=C(CC[C@H](CC(C)(C)O)O5)[C@@]4(C)CC[C@]123. The second-order valence-corrected chi connectivity index (χ2v) is 16.6. The highest BCUT2D eigenvalue weighted by Crippen LogP contribution is 2.89. The van der Waals surface area contributed by atoms with Crippen molar-refractivity contribution >= 4 is 0 Å². The maximum Gasteiger partial charge on any atom is 0.160 e. The second kappa shape index (κ2) is 8.94. The van der Waals surface area contributed by atoms with E-state index >= 15 is 0 Å². The molecule has 7 rings (SSSR count). The Morgan fingerprint density at radius 1 is 0.950 bits per heavy atom. The molecule has 5 aliphatic carbocycles. The maximum atomic E-state index is 10.4. The molecule has 1 saturated heterocycles. The van der Waals surface area contributed by atoms with Crippen molar-refractivity contribution in [2.45, 2.75) is 148 Å². The Bertz CT molecular complexity index is 1060. The van der Waals surface area contributed by atoms with Gasteiger partial charge in [0.15, 0.2) is 6.29 Å². The quantitative estimate of drug-likeness (QED) is 0.383. The first kappa shape index (κ1) is 28.1. The number of rotatable bonds is 4. The third kappa shape index (κ3) is 3.71. The molecule has 6 nitrogen and oxygen atoms in total. The van der Waals surface area contributed by atoms with Gasteiger partial charge in [0.05, 0.1) is 30.2 Å². The van der Waals surface area contributed by atoms with Crippen LogP contribution in [0.15, 0.2) is 11.3 Å². The van der Waals surface area contributed by atoms with Crippen molar-refractivity contribution in [3.05, 3.63) is 11.3 Å². The van der Waals surface area contributed by atoms with Gasteiger partial charge in [0.1, 0.15) is 12.2 Å². The summed E-state index contributed by atoms with van der Waals surface area (Å²) in [6.45, 7) is 14.0. The lowest BCUT2D eigenvalue weighted by molar-refractivity contribution is -0.264. The van der Waals surface area contributed by atoms with Gasteiger partial charge in [-0.25, -0.2) is 0 Å². The molecule has 3 N–H and O–H groups in total. The zero-order chi connectivity index (χ0) is 28.5. The van der Waals surface area contributed by atoms with Crippen molar-refractivity contribution in [1.82, 2.24) is 0 Å². The molecule has 2 heterocycles. The Kier molecular flexibility index (Phi) is 6.29. The molecule has 6 heteroatoms. The molecule has 226 valence electrons. The Hall–Kier alpha value is -0.660. The van der Waals surface area contributed by atoms with Crippen LogP contribution < -0.4 is 0 Å². The van der Waals surface area contributed by atoms with E-state index < -0.39 is 24.1 Å². The summed E-state index contributed by atoms with van der Waals surface area (Å²) < 4.78 is 19.1. The molecule has 12 atom stereocenters. The molecule has 0 aromatic carbocycles. The first-order valence-electron chi connectivity index (χ1n) is 16.5. The second-order valence-electron chi connectivity index (χ2n) is 16.6. The fourth-order valence-corrected chi connectivity index (χ4v) is 12.4. The van der Waals surface area contributed by atoms with Gasteiger partial charge in [0.25, 0.3) is 0 Å². The zero-order valence-corrected chi connectivity index (χ0v) is 25.7. The van der Waals surface area contributed by atoms with Crippen LogP contribution in [0.1, 0.15) is 112 Å². The molecule has 2 aliphatic heterocycles. The summed E-state index contributed by atoms with van der Waals surface area (Å²) in [5.74, 6) is 4.16. The van der Waals surface area contributed by atoms with Crippen LogP contribution in [0.3, 0.4) is 0 Å². The molecule has 0 radical (unpaired) electrons. The Morgan fingerprint density at radius 2 is 1.73 bits per heavy atom. The first-order valence-corrected chi connectivity index (χ1v) is 16.5. The fourth-order valence-electron chi connectivity index (χ4n) is 12.4. The summed E-state index contributed by atoms with van der Waals surface area (Å²) in [5.41, 5.74) is 2.13. The summed E-state index contributed by atoms with van der Waals surface area (Å²) in [5, 5.41) is 30.5. The van der Waals surface area contributed by atoms with Gasteiger partial charge in [-0.1, -0.05) is 27.7 Å². The zero-order valence-electron chi connectivity index (χ0n) is 25.7. The molecule has 5 unspecified atom stereocenters. The number of aliphatic hydroxyl groups excluding tert-OH is 2. The monoisotopic (exact) mass is 558 g/mol. The largest absolute Gasteiger partial charge is 0.495 e. The number of aliphatic hydroxyl groups is 3. The van der Waals surface area contributed by atoms with Crippen molar-refractivity contribution in [1.29, 1.82) is 0 Å². The molecule has 4 saturated carbocycles. The average Bonchev–Trinajstić information content (AvgIpc) is 3.25. The Labute approximate surface area is 241 Å². The maximum absolute atomic E-state index is 10.4. The highest BCUT2D eigenvalue weighted by atomic mass is 16.7. The van der Waals surface area contributed by atoms with Gasteiger partial charge < -0.3 is 29.5 Å². The summed E-state index contributed by atoms with van der Waals surface area (Å²) in [4.78, 5) is 0. The van der Waals surface area contributed by atoms with Gasteiger partial charge in [0.2, 0.25) is 0 Å². The van der Waals surface area contributed by atoms with Crippen molar-refractivity contribution in [2.75, 3.05) is 6.61 Å². The fraction of sp³-hybridized carbons (Fsp3) is 0.941. The van der Waals surface area contributed by atoms with Crippen LogP contribution in [0.2, 0.25) is 0 Å². The van der Waals surface area contributed by atoms with Crippen molar-refractivity contribution in [3.63, 3.8) is 0 Å². The van der Waals surface area contributed by atoms with Crippen LogP contribution in [0, 0.1) is 45.3 Å². The molecule has 0 bridgehead atoms. The predicted octanol–water partition coefficient (Wildman–Crippen LogP) is 5.72. The molecule has 0 aromatic heterocycles. The third-order valence-electron chi connectivity index (χ3n) is 14.1. The first-order chi connectivity index (χ1) is 18.7. The van der Waals surface area contributed by atoms with Crippen LogP contribution in [-0.2, 0) is 14.2 Å². The smallest absolute Gasteiger partial charge is 0.160 e. The Balaban J connectivity index is 1.10. The summed E-state index contributed by atoms with van der Waals surface area (Å²) in [6, 6.07) is 0. The van der Waals surface area contributed by atoms with E-state index in [1.165, 1.54) is 37.9 Å². The van der Waals surface area contributed by atoms with E-state index in [4.69, 9.17) is 14.2 Å². The van der Waals surface area contributed by atoms with Gasteiger partial charge >= 0.3 is 0 Å². The molecule has 7 aliphatic rings. The van der Waals surface area contributed by atoms with E-state index in [1.807, 2.05) is 13.8 Å². The minimum Gasteiger partial charge on any atom is -0.495 e. The van der Waals surface area contributed by atoms with Crippen molar-refractivity contribution in [2.24, 2.45) is 45.3 Å². The standard InChI is InChI=1S/C34H54O6/c1-19-33-14-13-32(6)22-8-7-20(17-30(2,3)37)39-26(22)15-23(32)21(33)9-10-27-31(4,5)28(11-12-34(19,27)33)40-29-16-24(35)25(36)18-38-29/h19-21,23-25,27-29,35-37H,7-18H2,1-6H3/t19-,20+,21-,23?,24?,25-,27?,28-,29?,32+,33-,34?/m0/s1. The number of fused-ring (bicyclic) bond motifs is 3. The van der Waals surface area contributed by atoms with Crippen LogP contribution in [0.4, 0.5) is 0 Å². The lowest BCUT2D eigenvalue weighted by Gasteiger charge is -2.59. The van der Waals surface area contributed by atoms with E-state index in [0.717, 1.165) is 37.5 Å². The normalized spacial score (nSPS) is 53.0. The van der Waals surface area contributed by atoms with Gasteiger partial charge in [-0.2, -0.15) is 0 Å². The lowest BCUT2D eigenvalue weighted by atomic mass is 9.46. The van der Waals surface area contributed by atoms with Crippen LogP contribution in [0.25, 0.3) is 0 Å². The summed E-state index contributed by atoms with van der Waals surface area (Å²) in [6.07, 6.45) is 10.1. The van der Waals surface area contributed by atoms with E-state index in [1.54, 1.807) is 5.57 Å². The summed E-state index contributed by atoms with van der Waals surface area (Å²) >= 11 is 0. The summed E-state index contributed by atoms with van der Waals surface area (Å²) in [7, 11) is 0. The highest BCUT2D eigenvalue weighted by Gasteiger charge is 2.84. The highest BCUT2D eigenvalue weighted by molar-refractivity contribution is 5.37. The van der Waals surface area contributed by atoms with Crippen molar-refractivity contribution < 1.29 is 29.5 Å². The molecule has 40 heavy (non-hydrogen) atoms. The minimum atomic E-state index is -0.810. The van der Waals surface area contributed by atoms with Crippen LogP contribution in [0.5, 0.6) is 0 Å². The topological polar surface area (TPSA) is 88.4 Å². The van der Waals surface area contributed by atoms with Crippen LogP contribution in [-0.4, -0.2) is 58.2 Å². The van der Waals surface area contributed by atoms with Crippen molar-refractivity contribution in [3.8, 4) is 0 Å². The molecule has 5 fully saturated rings. The number of allylic oxidation sites excluding steroid dienone is 2. The van der Waals surface area contributed by atoms with E-state index in [9.17, 15) is 15.3 Å². The number of hydrogen-bond acceptors (Lipinski definition) is 6. The molecular formula is C34H54O6. The molecular weight excluding hydrogens is 504 g/mol. The number of ether oxygens (including phenoxy) is 3. The van der Waals surface area contributed by atoms with Gasteiger partial charge in [0, 0.05) is 19.3 Å². The predicted molar refractivity (Wildman–Crippen MR) is 152 cm³/mol. The molecule has 0 aromatic rings. The Morgan fingerprint density at radius 3 is 2.45 bits per heavy atom. The third-order valence-corrected chi connectivity index (χ3v) is 14.1. The van der Waals surface area contributed by atoms with Gasteiger partial charge in [-0.15, -0.1) is 0 Å². The van der Waals surface area contributed by atoms with Gasteiger partial charge in [-0.05, 0) is 116 Å². The van der Waals surface area contributed by atoms with Crippen LogP contribution >= 0.6 is 0 Å². The van der Waals surface area contributed by atoms with E-state index in [-0.39, 0.29) is 29.6 Å². The minimum absolute atomic E-state index is 0.0483. The average molecular weight is 559 g/mol. The van der Waals surface area contributed by atoms with E-state index in [2.05, 4.69) is 27.7 Å². The number of hydrogen-bond donors (Lipinski definition) is 3. The molecule has 2 spiro atoms. The van der Waals surface area contributed by atoms with Gasteiger partial charge in [-0.3, -0.25) is 0 Å².